The van der Waals surface area contributed by atoms with Gasteiger partial charge in [0, 0.05) is 29.9 Å². The van der Waals surface area contributed by atoms with Gasteiger partial charge < -0.3 is 10.1 Å². The SMILES string of the molecule is CC(C)NCc1ccc(OCc2ccc(Cl)cc2)nc1. The first-order valence-electron chi connectivity index (χ1n) is 6.69. The van der Waals surface area contributed by atoms with E-state index in [1.54, 1.807) is 0 Å². The minimum Gasteiger partial charge on any atom is -0.473 e. The molecule has 0 atom stereocenters. The van der Waals surface area contributed by atoms with E-state index in [9.17, 15) is 0 Å². The van der Waals surface area contributed by atoms with E-state index in [4.69, 9.17) is 16.3 Å². The van der Waals surface area contributed by atoms with Gasteiger partial charge in [0.25, 0.3) is 0 Å². The maximum atomic E-state index is 5.84. The van der Waals surface area contributed by atoms with Crippen LogP contribution in [0.1, 0.15) is 25.0 Å². The molecule has 2 aromatic rings. The molecule has 20 heavy (non-hydrogen) atoms. The summed E-state index contributed by atoms with van der Waals surface area (Å²) in [5, 5.41) is 4.08. The molecule has 0 radical (unpaired) electrons. The third-order valence-electron chi connectivity index (χ3n) is 2.81. The van der Waals surface area contributed by atoms with Gasteiger partial charge in [-0.15, -0.1) is 0 Å². The van der Waals surface area contributed by atoms with Crippen LogP contribution in [0.5, 0.6) is 5.88 Å². The second-order valence-corrected chi connectivity index (χ2v) is 5.39. The van der Waals surface area contributed by atoms with Crippen LogP contribution in [0.3, 0.4) is 0 Å². The molecule has 0 saturated carbocycles. The summed E-state index contributed by atoms with van der Waals surface area (Å²) in [6.45, 7) is 5.56. The van der Waals surface area contributed by atoms with Crippen molar-refractivity contribution in [3.63, 3.8) is 0 Å². The summed E-state index contributed by atoms with van der Waals surface area (Å²) < 4.78 is 5.64. The fraction of sp³-hybridized carbons (Fsp3) is 0.312. The van der Waals surface area contributed by atoms with Crippen molar-refractivity contribution in [1.82, 2.24) is 10.3 Å². The Balaban J connectivity index is 1.85. The predicted molar refractivity (Wildman–Crippen MR) is 82.0 cm³/mol. The van der Waals surface area contributed by atoms with Gasteiger partial charge in [-0.2, -0.15) is 0 Å². The Morgan fingerprint density at radius 2 is 1.80 bits per heavy atom. The van der Waals surface area contributed by atoms with E-state index >= 15 is 0 Å². The topological polar surface area (TPSA) is 34.1 Å². The zero-order valence-electron chi connectivity index (χ0n) is 11.8. The number of aromatic nitrogens is 1. The van der Waals surface area contributed by atoms with E-state index in [1.165, 1.54) is 0 Å². The number of halogens is 1. The van der Waals surface area contributed by atoms with Crippen LogP contribution in [0, 0.1) is 0 Å². The molecular weight excluding hydrogens is 272 g/mol. The second-order valence-electron chi connectivity index (χ2n) is 4.96. The maximum absolute atomic E-state index is 5.84. The van der Waals surface area contributed by atoms with Gasteiger partial charge in [-0.3, -0.25) is 0 Å². The van der Waals surface area contributed by atoms with Crippen molar-refractivity contribution >= 4 is 11.6 Å². The van der Waals surface area contributed by atoms with Crippen molar-refractivity contribution in [1.29, 1.82) is 0 Å². The average Bonchev–Trinajstić information content (AvgIpc) is 2.45. The lowest BCUT2D eigenvalue weighted by Gasteiger charge is -2.09. The normalized spacial score (nSPS) is 10.8. The van der Waals surface area contributed by atoms with Crippen LogP contribution < -0.4 is 10.1 Å². The molecular formula is C16H19ClN2O. The van der Waals surface area contributed by atoms with E-state index in [0.717, 1.165) is 22.7 Å². The smallest absolute Gasteiger partial charge is 0.213 e. The summed E-state index contributed by atoms with van der Waals surface area (Å²) in [6, 6.07) is 12.0. The summed E-state index contributed by atoms with van der Waals surface area (Å²) in [5.41, 5.74) is 2.22. The summed E-state index contributed by atoms with van der Waals surface area (Å²) in [7, 11) is 0. The number of benzene rings is 1. The van der Waals surface area contributed by atoms with Crippen LogP contribution in [0.2, 0.25) is 5.02 Å². The Bertz CT molecular complexity index is 523. The molecule has 0 unspecified atom stereocenters. The quantitative estimate of drug-likeness (QED) is 0.878. The third-order valence-corrected chi connectivity index (χ3v) is 3.06. The van der Waals surface area contributed by atoms with E-state index in [1.807, 2.05) is 42.6 Å². The van der Waals surface area contributed by atoms with E-state index < -0.39 is 0 Å². The molecule has 0 saturated heterocycles. The van der Waals surface area contributed by atoms with E-state index in [-0.39, 0.29) is 0 Å². The lowest BCUT2D eigenvalue weighted by Crippen LogP contribution is -2.21. The lowest BCUT2D eigenvalue weighted by atomic mass is 10.2. The van der Waals surface area contributed by atoms with Gasteiger partial charge in [0.05, 0.1) is 0 Å². The fourth-order valence-electron chi connectivity index (χ4n) is 1.66. The Labute approximate surface area is 124 Å². The number of pyridine rings is 1. The standard InChI is InChI=1S/C16H19ClN2O/c1-12(2)18-9-14-5-8-16(19-10-14)20-11-13-3-6-15(17)7-4-13/h3-8,10,12,18H,9,11H2,1-2H3. The fourth-order valence-corrected chi connectivity index (χ4v) is 1.79. The molecule has 0 amide bonds. The Morgan fingerprint density at radius 3 is 2.40 bits per heavy atom. The zero-order valence-corrected chi connectivity index (χ0v) is 12.5. The van der Waals surface area contributed by atoms with Gasteiger partial charge in [0.15, 0.2) is 0 Å². The van der Waals surface area contributed by atoms with Crippen LogP contribution in [0.4, 0.5) is 0 Å². The second kappa shape index (κ2) is 7.27. The van der Waals surface area contributed by atoms with Crippen molar-refractivity contribution in [3.8, 4) is 5.88 Å². The monoisotopic (exact) mass is 290 g/mol. The Kier molecular flexibility index (Phi) is 5.39. The lowest BCUT2D eigenvalue weighted by molar-refractivity contribution is 0.293. The largest absolute Gasteiger partial charge is 0.473 e. The van der Waals surface area contributed by atoms with E-state index in [2.05, 4.69) is 24.1 Å². The molecule has 1 heterocycles. The van der Waals surface area contributed by atoms with Gasteiger partial charge in [-0.1, -0.05) is 43.6 Å². The van der Waals surface area contributed by atoms with Gasteiger partial charge in [0.1, 0.15) is 6.61 Å². The minimum absolute atomic E-state index is 0.468. The van der Waals surface area contributed by atoms with Crippen molar-refractivity contribution in [2.45, 2.75) is 33.0 Å². The highest BCUT2D eigenvalue weighted by Crippen LogP contribution is 2.13. The number of nitrogens with zero attached hydrogens (tertiary/aromatic N) is 1. The molecule has 1 aromatic heterocycles. The molecule has 1 N–H and O–H groups in total. The number of ether oxygens (including phenoxy) is 1. The molecule has 4 heteroatoms. The highest BCUT2D eigenvalue weighted by atomic mass is 35.5. The van der Waals surface area contributed by atoms with Crippen LogP contribution in [-0.4, -0.2) is 11.0 Å². The number of nitrogens with one attached hydrogen (secondary N) is 1. The molecule has 1 aromatic carbocycles. The third kappa shape index (κ3) is 4.83. The molecule has 0 spiro atoms. The number of hydrogen-bond acceptors (Lipinski definition) is 3. The predicted octanol–water partition coefficient (Wildman–Crippen LogP) is 3.81. The first-order valence-corrected chi connectivity index (χ1v) is 7.07. The number of hydrogen-bond donors (Lipinski definition) is 1. The minimum atomic E-state index is 0.468. The summed E-state index contributed by atoms with van der Waals surface area (Å²) in [4.78, 5) is 4.30. The van der Waals surface area contributed by atoms with Crippen molar-refractivity contribution in [2.75, 3.05) is 0 Å². The van der Waals surface area contributed by atoms with Gasteiger partial charge >= 0.3 is 0 Å². The highest BCUT2D eigenvalue weighted by Gasteiger charge is 2.00. The molecule has 3 nitrogen and oxygen atoms in total. The Hall–Kier alpha value is -1.58. The molecule has 2 rings (SSSR count). The van der Waals surface area contributed by atoms with Gasteiger partial charge in [-0.05, 0) is 23.3 Å². The molecule has 106 valence electrons. The maximum Gasteiger partial charge on any atom is 0.213 e. The van der Waals surface area contributed by atoms with E-state index in [0.29, 0.717) is 18.5 Å². The number of rotatable bonds is 6. The van der Waals surface area contributed by atoms with Crippen LogP contribution in [-0.2, 0) is 13.2 Å². The molecule has 0 fully saturated rings. The highest BCUT2D eigenvalue weighted by molar-refractivity contribution is 6.30. The molecule has 0 aliphatic carbocycles. The summed E-state index contributed by atoms with van der Waals surface area (Å²) >= 11 is 5.84. The van der Waals surface area contributed by atoms with Gasteiger partial charge in [-0.25, -0.2) is 4.98 Å². The van der Waals surface area contributed by atoms with Crippen molar-refractivity contribution < 1.29 is 4.74 Å². The van der Waals surface area contributed by atoms with Crippen molar-refractivity contribution in [2.24, 2.45) is 0 Å². The molecule has 0 aliphatic heterocycles. The first kappa shape index (κ1) is 14.8. The summed E-state index contributed by atoms with van der Waals surface area (Å²) in [5.74, 6) is 0.633. The molecule has 0 bridgehead atoms. The van der Waals surface area contributed by atoms with Gasteiger partial charge in [0.2, 0.25) is 5.88 Å². The summed E-state index contributed by atoms with van der Waals surface area (Å²) in [6.07, 6.45) is 1.84. The van der Waals surface area contributed by atoms with Crippen LogP contribution >= 0.6 is 11.6 Å². The van der Waals surface area contributed by atoms with Crippen LogP contribution in [0.25, 0.3) is 0 Å². The van der Waals surface area contributed by atoms with Crippen molar-refractivity contribution in [3.05, 3.63) is 58.7 Å². The first-order chi connectivity index (χ1) is 9.63. The Morgan fingerprint density at radius 1 is 1.10 bits per heavy atom. The van der Waals surface area contributed by atoms with Crippen LogP contribution in [0.15, 0.2) is 42.6 Å². The molecule has 0 aliphatic rings. The zero-order chi connectivity index (χ0) is 14.4. The average molecular weight is 291 g/mol.